The maximum atomic E-state index is 13.3. The van der Waals surface area contributed by atoms with Crippen LogP contribution < -0.4 is 14.9 Å². The van der Waals surface area contributed by atoms with Gasteiger partial charge in [-0.3, -0.25) is 19.3 Å². The number of carbonyl (C=O) groups is 1. The van der Waals surface area contributed by atoms with Crippen molar-refractivity contribution >= 4 is 31.6 Å². The summed E-state index contributed by atoms with van der Waals surface area (Å²) in [7, 11) is -7.14. The number of hydrogen-bond donors (Lipinski definition) is 3. The quantitative estimate of drug-likeness (QED) is 0.382. The average molecular weight is 527 g/mol. The Hall–Kier alpha value is -2.54. The fourth-order valence-corrected chi connectivity index (χ4v) is 5.72. The van der Waals surface area contributed by atoms with Crippen LogP contribution in [0.15, 0.2) is 47.6 Å². The fraction of sp³-hybridized carbons (Fsp3) is 0.478. The molecule has 0 bridgehead atoms. The van der Waals surface area contributed by atoms with Gasteiger partial charge < -0.3 is 0 Å². The molecule has 2 rings (SSSR count). The maximum Gasteiger partial charge on any atom is 0.263 e. The first-order valence-electron chi connectivity index (χ1n) is 11.1. The predicted octanol–water partition coefficient (Wildman–Crippen LogP) is 2.58. The molecule has 3 N–H and O–H groups in total. The molecule has 12 heteroatoms. The molecule has 0 unspecified atom stereocenters. The zero-order valence-electron chi connectivity index (χ0n) is 20.8. The monoisotopic (exact) mass is 526 g/mol. The van der Waals surface area contributed by atoms with Crippen LogP contribution in [-0.4, -0.2) is 45.6 Å². The molecule has 1 amide bonds. The van der Waals surface area contributed by atoms with E-state index in [1.807, 2.05) is 6.07 Å². The van der Waals surface area contributed by atoms with Gasteiger partial charge in [-0.2, -0.15) is 0 Å². The highest BCUT2D eigenvalue weighted by atomic mass is 32.2. The summed E-state index contributed by atoms with van der Waals surface area (Å²) in [5.41, 5.74) is 2.83. The van der Waals surface area contributed by atoms with Gasteiger partial charge in [-0.15, -0.1) is 0 Å². The minimum absolute atomic E-state index is 0.00186. The Morgan fingerprint density at radius 2 is 1.77 bits per heavy atom. The molecule has 1 atom stereocenters. The summed E-state index contributed by atoms with van der Waals surface area (Å²) in [5, 5.41) is -1.51. The molecule has 2 aromatic rings. The van der Waals surface area contributed by atoms with E-state index in [0.717, 1.165) is 5.56 Å². The van der Waals surface area contributed by atoms with Crippen LogP contribution in [0, 0.1) is 5.92 Å². The molecule has 0 radical (unpaired) electrons. The number of rotatable bonds is 11. The lowest BCUT2D eigenvalue weighted by Crippen LogP contribution is -2.45. The number of amides is 1. The number of pyridine rings is 1. The average Bonchev–Trinajstić information content (AvgIpc) is 2.76. The fourth-order valence-electron chi connectivity index (χ4n) is 3.13. The third-order valence-electron chi connectivity index (χ3n) is 4.80. The zero-order valence-corrected chi connectivity index (χ0v) is 22.5. The molecule has 1 aromatic carbocycles. The van der Waals surface area contributed by atoms with Gasteiger partial charge in [0.25, 0.3) is 5.91 Å². The number of carbonyl (C=O) groups excluding carboxylic acids is 1. The van der Waals surface area contributed by atoms with Crippen molar-refractivity contribution in [3.63, 3.8) is 0 Å². The van der Waals surface area contributed by atoms with Gasteiger partial charge in [-0.05, 0) is 75.9 Å². The molecular formula is C23H34N4O6S2. The highest BCUT2D eigenvalue weighted by Gasteiger charge is 2.35. The SMILES string of the molecule is CNS(=O)(=O)c1cc(Cc2cccnc2)ccc1NS(=O)(=O)[C@H](CC(C)C)C(=O)NOC(C)(C)C. The van der Waals surface area contributed by atoms with Gasteiger partial charge in [0.05, 0.1) is 11.3 Å². The lowest BCUT2D eigenvalue weighted by molar-refractivity contribution is -0.145. The Morgan fingerprint density at radius 3 is 2.31 bits per heavy atom. The van der Waals surface area contributed by atoms with Crippen molar-refractivity contribution < 1.29 is 26.5 Å². The highest BCUT2D eigenvalue weighted by Crippen LogP contribution is 2.27. The summed E-state index contributed by atoms with van der Waals surface area (Å²) in [6.07, 6.45) is 3.70. The van der Waals surface area contributed by atoms with Crippen molar-refractivity contribution in [2.24, 2.45) is 5.92 Å². The number of anilines is 1. The normalized spacial score (nSPS) is 13.5. The van der Waals surface area contributed by atoms with E-state index in [0.29, 0.717) is 12.0 Å². The van der Waals surface area contributed by atoms with Gasteiger partial charge in [-0.25, -0.2) is 27.0 Å². The van der Waals surface area contributed by atoms with Crippen LogP contribution in [-0.2, 0) is 36.1 Å². The number of benzene rings is 1. The molecule has 0 aliphatic carbocycles. The van der Waals surface area contributed by atoms with Crippen LogP contribution in [0.2, 0.25) is 0 Å². The zero-order chi connectivity index (χ0) is 26.4. The number of nitrogens with zero attached hydrogens (tertiary/aromatic N) is 1. The van der Waals surface area contributed by atoms with E-state index in [1.165, 1.54) is 19.2 Å². The molecule has 1 aromatic heterocycles. The van der Waals surface area contributed by atoms with Crippen LogP contribution in [0.25, 0.3) is 0 Å². The third-order valence-corrected chi connectivity index (χ3v) is 7.91. The topological polar surface area (TPSA) is 144 Å². The molecule has 0 saturated heterocycles. The van der Waals surface area contributed by atoms with E-state index < -0.39 is 36.8 Å². The van der Waals surface area contributed by atoms with E-state index in [1.54, 1.807) is 59.1 Å². The molecule has 194 valence electrons. The summed E-state index contributed by atoms with van der Waals surface area (Å²) in [6, 6.07) is 8.02. The summed E-state index contributed by atoms with van der Waals surface area (Å²) >= 11 is 0. The maximum absolute atomic E-state index is 13.3. The predicted molar refractivity (Wildman–Crippen MR) is 134 cm³/mol. The summed E-state index contributed by atoms with van der Waals surface area (Å²) in [5.74, 6) is -0.980. The Labute approximate surface area is 207 Å². The van der Waals surface area contributed by atoms with Crippen molar-refractivity contribution in [2.45, 2.75) is 63.2 Å². The van der Waals surface area contributed by atoms with Gasteiger partial charge in [-0.1, -0.05) is 26.0 Å². The smallest absolute Gasteiger partial charge is 0.263 e. The van der Waals surface area contributed by atoms with Gasteiger partial charge in [0.1, 0.15) is 4.90 Å². The van der Waals surface area contributed by atoms with Gasteiger partial charge in [0, 0.05) is 12.4 Å². The Balaban J connectivity index is 2.43. The molecule has 0 saturated carbocycles. The van der Waals surface area contributed by atoms with Crippen molar-refractivity contribution in [2.75, 3.05) is 11.8 Å². The summed E-state index contributed by atoms with van der Waals surface area (Å²) in [4.78, 5) is 21.8. The van der Waals surface area contributed by atoms with Crippen molar-refractivity contribution in [1.82, 2.24) is 15.2 Å². The standard InChI is InChI=1S/C23H34N4O6S2/c1-16(2)12-21(22(28)26-33-23(3,4)5)35(31,32)27-19-10-9-17(13-18-8-7-11-25-15-18)14-20(19)34(29,30)24-6/h7-11,14-16,21,24,27H,12-13H2,1-6H3,(H,26,28)/t21-/m1/s1. The molecule has 0 aliphatic heterocycles. The molecule has 0 fully saturated rings. The lowest BCUT2D eigenvalue weighted by Gasteiger charge is -2.24. The molecule has 0 spiro atoms. The number of hydroxylamine groups is 1. The largest absolute Gasteiger partial charge is 0.282 e. The second-order valence-corrected chi connectivity index (χ2v) is 13.2. The van der Waals surface area contributed by atoms with Crippen LogP contribution in [0.1, 0.15) is 52.2 Å². The van der Waals surface area contributed by atoms with Crippen LogP contribution in [0.3, 0.4) is 0 Å². The van der Waals surface area contributed by atoms with Gasteiger partial charge in [0.2, 0.25) is 20.0 Å². The number of sulfonamides is 2. The first-order chi connectivity index (χ1) is 16.1. The Morgan fingerprint density at radius 1 is 1.09 bits per heavy atom. The van der Waals surface area contributed by atoms with Crippen molar-refractivity contribution in [3.05, 3.63) is 53.9 Å². The van der Waals surface area contributed by atoms with Crippen molar-refractivity contribution in [3.8, 4) is 0 Å². The Bertz CT molecular complexity index is 1220. The van der Waals surface area contributed by atoms with E-state index >= 15 is 0 Å². The molecule has 0 aliphatic rings. The highest BCUT2D eigenvalue weighted by molar-refractivity contribution is 7.94. The van der Waals surface area contributed by atoms with E-state index in [4.69, 9.17) is 4.84 Å². The lowest BCUT2D eigenvalue weighted by atomic mass is 10.1. The minimum Gasteiger partial charge on any atom is -0.282 e. The number of aromatic nitrogens is 1. The third kappa shape index (κ3) is 8.57. The summed E-state index contributed by atoms with van der Waals surface area (Å²) in [6.45, 7) is 8.69. The second-order valence-electron chi connectivity index (χ2n) is 9.52. The minimum atomic E-state index is -4.34. The van der Waals surface area contributed by atoms with Crippen LogP contribution in [0.5, 0.6) is 0 Å². The summed E-state index contributed by atoms with van der Waals surface area (Å²) < 4.78 is 56.6. The van der Waals surface area contributed by atoms with E-state index in [-0.39, 0.29) is 22.9 Å². The molecule has 35 heavy (non-hydrogen) atoms. The van der Waals surface area contributed by atoms with Crippen LogP contribution in [0.4, 0.5) is 5.69 Å². The second kappa shape index (κ2) is 11.5. The van der Waals surface area contributed by atoms with Gasteiger partial charge >= 0.3 is 0 Å². The van der Waals surface area contributed by atoms with E-state index in [2.05, 4.69) is 19.9 Å². The number of nitrogens with one attached hydrogen (secondary N) is 3. The first-order valence-corrected chi connectivity index (χ1v) is 14.1. The van der Waals surface area contributed by atoms with Gasteiger partial charge in [0.15, 0.2) is 5.25 Å². The molecule has 1 heterocycles. The molecule has 10 nitrogen and oxygen atoms in total. The number of hydrogen-bond acceptors (Lipinski definition) is 7. The van der Waals surface area contributed by atoms with Crippen molar-refractivity contribution in [1.29, 1.82) is 0 Å². The first kappa shape index (κ1) is 28.7. The Kier molecular flexibility index (Phi) is 9.40. The van der Waals surface area contributed by atoms with Crippen LogP contribution >= 0.6 is 0 Å². The van der Waals surface area contributed by atoms with E-state index in [9.17, 15) is 21.6 Å². The molecular weight excluding hydrogens is 492 g/mol.